The number of carbonyl (C=O) groups is 1. The molecule has 1 aromatic carbocycles. The van der Waals surface area contributed by atoms with Gasteiger partial charge in [0.1, 0.15) is 0 Å². The third kappa shape index (κ3) is 5.39. The molecule has 0 N–H and O–H groups in total. The minimum Gasteiger partial charge on any atom is -0.370 e. The largest absolute Gasteiger partial charge is 0.370 e. The first-order chi connectivity index (χ1) is 16.4. The van der Waals surface area contributed by atoms with Crippen molar-refractivity contribution >= 4 is 23.3 Å². The number of rotatable bonds is 3. The van der Waals surface area contributed by atoms with Crippen molar-refractivity contribution < 1.29 is 4.79 Å². The SMILES string of the molecule is C=C1CC=C(C)C=C(C)/C1=N/C(=C\C)C1=Cc2ccc(N3CCCN(C)CC3)cc2CCC1=O. The Morgan fingerprint density at radius 2 is 1.91 bits per heavy atom. The smallest absolute Gasteiger partial charge is 0.165 e. The molecule has 1 aliphatic heterocycles. The summed E-state index contributed by atoms with van der Waals surface area (Å²) >= 11 is 0. The van der Waals surface area contributed by atoms with E-state index in [1.807, 2.05) is 19.1 Å². The first kappa shape index (κ1) is 24.2. The lowest BCUT2D eigenvalue weighted by molar-refractivity contribution is -0.115. The number of anilines is 1. The molecule has 1 fully saturated rings. The van der Waals surface area contributed by atoms with Crippen molar-refractivity contribution in [1.29, 1.82) is 0 Å². The topological polar surface area (TPSA) is 35.9 Å². The normalized spacial score (nSPS) is 21.9. The molecule has 0 unspecified atom stereocenters. The van der Waals surface area contributed by atoms with E-state index in [2.05, 4.69) is 67.6 Å². The molecule has 34 heavy (non-hydrogen) atoms. The van der Waals surface area contributed by atoms with Crippen molar-refractivity contribution in [3.63, 3.8) is 0 Å². The third-order valence-electron chi connectivity index (χ3n) is 7.04. The zero-order valence-corrected chi connectivity index (χ0v) is 21.2. The van der Waals surface area contributed by atoms with Gasteiger partial charge in [0.25, 0.3) is 0 Å². The number of benzene rings is 1. The maximum absolute atomic E-state index is 13.2. The fraction of sp³-hybridized carbons (Fsp3) is 0.400. The van der Waals surface area contributed by atoms with Crippen LogP contribution in [0.3, 0.4) is 0 Å². The molecule has 0 spiro atoms. The summed E-state index contributed by atoms with van der Waals surface area (Å²) in [4.78, 5) is 23.1. The number of aliphatic imine (C=N–C) groups is 1. The first-order valence-corrected chi connectivity index (χ1v) is 12.5. The van der Waals surface area contributed by atoms with Gasteiger partial charge >= 0.3 is 0 Å². The van der Waals surface area contributed by atoms with Gasteiger partial charge in [0, 0.05) is 37.3 Å². The zero-order valence-electron chi connectivity index (χ0n) is 21.2. The lowest BCUT2D eigenvalue weighted by atomic mass is 10.0. The van der Waals surface area contributed by atoms with Gasteiger partial charge in [-0.25, -0.2) is 4.99 Å². The van der Waals surface area contributed by atoms with Crippen LogP contribution in [0.2, 0.25) is 0 Å². The number of hydrogen-bond acceptors (Lipinski definition) is 4. The van der Waals surface area contributed by atoms with Crippen molar-refractivity contribution in [3.8, 4) is 0 Å². The van der Waals surface area contributed by atoms with Gasteiger partial charge in [0.2, 0.25) is 0 Å². The van der Waals surface area contributed by atoms with E-state index < -0.39 is 0 Å². The van der Waals surface area contributed by atoms with Crippen molar-refractivity contribution in [2.24, 2.45) is 4.99 Å². The monoisotopic (exact) mass is 455 g/mol. The van der Waals surface area contributed by atoms with Gasteiger partial charge in [-0.3, -0.25) is 4.79 Å². The van der Waals surface area contributed by atoms with Crippen LogP contribution in [0, 0.1) is 0 Å². The predicted octanol–water partition coefficient (Wildman–Crippen LogP) is 5.92. The fourth-order valence-electron chi connectivity index (χ4n) is 4.98. The summed E-state index contributed by atoms with van der Waals surface area (Å²) in [5.74, 6) is 0.154. The van der Waals surface area contributed by atoms with E-state index in [0.717, 1.165) is 67.1 Å². The standard InChI is InChI=1S/C30H37N3O/c1-6-28(31-30-22(3)9-8-21(2)18-23(30)4)27-20-25-10-12-26(19-24(25)11-13-29(27)34)33-15-7-14-32(5)16-17-33/h6,8,10,12,18-20H,3,7,9,11,13-17H2,1-2,4-5H3/b28-6-,31-30+. The Kier molecular flexibility index (Phi) is 7.47. The Hall–Kier alpha value is -2.98. The second kappa shape index (κ2) is 10.5. The summed E-state index contributed by atoms with van der Waals surface area (Å²) in [5.41, 5.74) is 9.26. The van der Waals surface area contributed by atoms with Crippen molar-refractivity contribution in [2.75, 3.05) is 38.1 Å². The van der Waals surface area contributed by atoms with Gasteiger partial charge in [-0.2, -0.15) is 0 Å². The molecule has 1 heterocycles. The predicted molar refractivity (Wildman–Crippen MR) is 145 cm³/mol. The van der Waals surface area contributed by atoms with E-state index in [4.69, 9.17) is 4.99 Å². The number of hydrogen-bond donors (Lipinski definition) is 0. The van der Waals surface area contributed by atoms with Crippen LogP contribution in [-0.4, -0.2) is 49.6 Å². The molecule has 1 saturated heterocycles. The summed E-state index contributed by atoms with van der Waals surface area (Å²) in [5, 5.41) is 0. The number of fused-ring (bicyclic) bond motifs is 1. The molecule has 0 radical (unpaired) electrons. The van der Waals surface area contributed by atoms with Crippen LogP contribution in [0.15, 0.2) is 76.0 Å². The molecule has 0 aromatic heterocycles. The number of ketones is 1. The molecular weight excluding hydrogens is 418 g/mol. The van der Waals surface area contributed by atoms with Crippen LogP contribution < -0.4 is 4.90 Å². The highest BCUT2D eigenvalue weighted by Crippen LogP contribution is 2.30. The first-order valence-electron chi connectivity index (χ1n) is 12.5. The van der Waals surface area contributed by atoms with Crippen LogP contribution in [0.25, 0.3) is 6.08 Å². The summed E-state index contributed by atoms with van der Waals surface area (Å²) in [7, 11) is 2.19. The summed E-state index contributed by atoms with van der Waals surface area (Å²) < 4.78 is 0. The summed E-state index contributed by atoms with van der Waals surface area (Å²) in [6.45, 7) is 14.7. The second-order valence-corrected chi connectivity index (χ2v) is 9.73. The molecule has 4 rings (SSSR count). The number of nitrogens with zero attached hydrogens (tertiary/aromatic N) is 3. The number of likely N-dealkylation sites (N-methyl/N-ethyl adjacent to an activating group) is 1. The lowest BCUT2D eigenvalue weighted by Gasteiger charge is -2.24. The van der Waals surface area contributed by atoms with Crippen LogP contribution in [0.4, 0.5) is 5.69 Å². The number of Topliss-reactive ketones (excluding diaryl/α,β-unsaturated/α-hetero) is 1. The fourth-order valence-corrected chi connectivity index (χ4v) is 4.98. The van der Waals surface area contributed by atoms with E-state index in [9.17, 15) is 4.79 Å². The molecule has 0 saturated carbocycles. The molecule has 4 heteroatoms. The van der Waals surface area contributed by atoms with E-state index in [1.165, 1.54) is 23.2 Å². The van der Waals surface area contributed by atoms with Crippen LogP contribution in [0.1, 0.15) is 51.2 Å². The molecular formula is C30H37N3O. The zero-order chi connectivity index (χ0) is 24.2. The quantitative estimate of drug-likeness (QED) is 0.567. The Morgan fingerprint density at radius 3 is 2.71 bits per heavy atom. The Balaban J connectivity index is 1.66. The third-order valence-corrected chi connectivity index (χ3v) is 7.04. The van der Waals surface area contributed by atoms with Gasteiger partial charge in [0.05, 0.1) is 11.4 Å². The van der Waals surface area contributed by atoms with E-state index in [1.54, 1.807) is 0 Å². The highest BCUT2D eigenvalue weighted by molar-refractivity contribution is 6.14. The van der Waals surface area contributed by atoms with Gasteiger partial charge < -0.3 is 9.80 Å². The average molecular weight is 456 g/mol. The molecule has 4 nitrogen and oxygen atoms in total. The van der Waals surface area contributed by atoms with E-state index in [0.29, 0.717) is 12.0 Å². The van der Waals surface area contributed by atoms with Crippen molar-refractivity contribution in [3.05, 3.63) is 82.1 Å². The molecule has 2 aliphatic carbocycles. The van der Waals surface area contributed by atoms with Gasteiger partial charge in [-0.15, -0.1) is 0 Å². The van der Waals surface area contributed by atoms with Crippen LogP contribution in [-0.2, 0) is 11.2 Å². The lowest BCUT2D eigenvalue weighted by Crippen LogP contribution is -2.28. The van der Waals surface area contributed by atoms with Gasteiger partial charge in [0.15, 0.2) is 5.78 Å². The van der Waals surface area contributed by atoms with Crippen molar-refractivity contribution in [1.82, 2.24) is 4.90 Å². The number of carbonyl (C=O) groups excluding carboxylic acids is 1. The molecule has 3 aliphatic rings. The van der Waals surface area contributed by atoms with Crippen molar-refractivity contribution in [2.45, 2.75) is 46.5 Å². The Bertz CT molecular complexity index is 1150. The average Bonchev–Trinajstić information content (AvgIpc) is 3.18. The molecule has 0 atom stereocenters. The van der Waals surface area contributed by atoms with E-state index >= 15 is 0 Å². The van der Waals surface area contributed by atoms with Gasteiger partial charge in [-0.1, -0.05) is 36.4 Å². The highest BCUT2D eigenvalue weighted by atomic mass is 16.1. The van der Waals surface area contributed by atoms with Crippen LogP contribution in [0.5, 0.6) is 0 Å². The maximum atomic E-state index is 13.2. The minimum absolute atomic E-state index is 0.154. The second-order valence-electron chi connectivity index (χ2n) is 9.73. The minimum atomic E-state index is 0.154. The van der Waals surface area contributed by atoms with E-state index in [-0.39, 0.29) is 5.78 Å². The highest BCUT2D eigenvalue weighted by Gasteiger charge is 2.22. The Morgan fingerprint density at radius 1 is 1.09 bits per heavy atom. The molecule has 0 bridgehead atoms. The Labute approximate surface area is 204 Å². The van der Waals surface area contributed by atoms with Crippen LogP contribution >= 0.6 is 0 Å². The molecule has 178 valence electrons. The molecule has 0 amide bonds. The number of allylic oxidation sites excluding steroid dienone is 7. The molecule has 1 aromatic rings. The maximum Gasteiger partial charge on any atom is 0.165 e. The summed E-state index contributed by atoms with van der Waals surface area (Å²) in [6, 6.07) is 6.69. The number of aryl methyl sites for hydroxylation is 1. The van der Waals surface area contributed by atoms with Gasteiger partial charge in [-0.05, 0) is 94.1 Å². The summed E-state index contributed by atoms with van der Waals surface area (Å²) in [6.07, 6.45) is 11.5.